The predicted octanol–water partition coefficient (Wildman–Crippen LogP) is 0.838. The number of nitrogens with one attached hydrogen (secondary N) is 1. The van der Waals surface area contributed by atoms with Crippen LogP contribution in [0.1, 0.15) is 5.56 Å². The summed E-state index contributed by atoms with van der Waals surface area (Å²) in [4.78, 5) is 0.278. The Balaban J connectivity index is 3.03. The first-order chi connectivity index (χ1) is 9.05. The molecule has 19 heavy (non-hydrogen) atoms. The van der Waals surface area contributed by atoms with E-state index in [1.807, 2.05) is 6.26 Å². The molecule has 108 valence electrons. The van der Waals surface area contributed by atoms with E-state index in [1.165, 1.54) is 0 Å². The molecule has 0 radical (unpaired) electrons. The molecule has 0 aromatic heterocycles. The summed E-state index contributed by atoms with van der Waals surface area (Å²) < 4.78 is 32.1. The van der Waals surface area contributed by atoms with E-state index in [4.69, 9.17) is 10.5 Å². The highest BCUT2D eigenvalue weighted by molar-refractivity contribution is 7.98. The van der Waals surface area contributed by atoms with Crippen LogP contribution in [0.2, 0.25) is 0 Å². The lowest BCUT2D eigenvalue weighted by Crippen LogP contribution is -2.27. The average molecular weight is 304 g/mol. The van der Waals surface area contributed by atoms with Gasteiger partial charge in [-0.1, -0.05) is 0 Å². The van der Waals surface area contributed by atoms with Crippen LogP contribution in [-0.4, -0.2) is 40.6 Å². The van der Waals surface area contributed by atoms with Crippen LogP contribution < -0.4 is 15.2 Å². The van der Waals surface area contributed by atoms with Gasteiger partial charge in [-0.2, -0.15) is 11.8 Å². The summed E-state index contributed by atoms with van der Waals surface area (Å²) in [5.41, 5.74) is 6.21. The zero-order valence-corrected chi connectivity index (χ0v) is 12.8. The largest absolute Gasteiger partial charge is 0.497 e. The first-order valence-electron chi connectivity index (χ1n) is 5.90. The molecule has 0 fully saturated rings. The number of benzene rings is 1. The Hall–Kier alpha value is -0.760. The van der Waals surface area contributed by atoms with Crippen LogP contribution in [0.25, 0.3) is 0 Å². The summed E-state index contributed by atoms with van der Waals surface area (Å²) in [5, 5.41) is 0. The Morgan fingerprint density at radius 3 is 2.74 bits per heavy atom. The van der Waals surface area contributed by atoms with Crippen LogP contribution in [0.5, 0.6) is 5.75 Å². The molecule has 0 atom stereocenters. The molecule has 0 saturated carbocycles. The number of rotatable bonds is 8. The van der Waals surface area contributed by atoms with Gasteiger partial charge in [0.25, 0.3) is 0 Å². The Bertz CT molecular complexity index is 504. The van der Waals surface area contributed by atoms with Crippen LogP contribution in [0.15, 0.2) is 23.1 Å². The number of nitrogens with two attached hydrogens (primary N) is 1. The molecule has 0 saturated heterocycles. The third-order valence-corrected chi connectivity index (χ3v) is 4.74. The molecule has 0 aliphatic heterocycles. The summed E-state index contributed by atoms with van der Waals surface area (Å²) in [6.45, 7) is 0.804. The van der Waals surface area contributed by atoms with E-state index in [0.29, 0.717) is 30.8 Å². The topological polar surface area (TPSA) is 81.4 Å². The van der Waals surface area contributed by atoms with Crippen LogP contribution in [0.4, 0.5) is 0 Å². The van der Waals surface area contributed by atoms with E-state index in [0.717, 1.165) is 5.75 Å². The van der Waals surface area contributed by atoms with Gasteiger partial charge in [0.05, 0.1) is 12.0 Å². The van der Waals surface area contributed by atoms with Gasteiger partial charge in [-0.3, -0.25) is 0 Å². The molecule has 7 heteroatoms. The molecule has 0 amide bonds. The number of methoxy groups -OCH3 is 1. The molecule has 3 N–H and O–H groups in total. The molecular weight excluding hydrogens is 284 g/mol. The smallest absolute Gasteiger partial charge is 0.240 e. The molecule has 1 aromatic rings. The van der Waals surface area contributed by atoms with Gasteiger partial charge in [0.1, 0.15) is 5.75 Å². The monoisotopic (exact) mass is 304 g/mol. The van der Waals surface area contributed by atoms with E-state index >= 15 is 0 Å². The molecule has 0 bridgehead atoms. The minimum absolute atomic E-state index is 0.278. The van der Waals surface area contributed by atoms with Crippen molar-refractivity contribution in [3.8, 4) is 5.75 Å². The van der Waals surface area contributed by atoms with E-state index in [1.54, 1.807) is 37.1 Å². The Morgan fingerprint density at radius 2 is 2.16 bits per heavy atom. The van der Waals surface area contributed by atoms with Crippen molar-refractivity contribution in [1.82, 2.24) is 4.72 Å². The summed E-state index contributed by atoms with van der Waals surface area (Å²) in [7, 11) is -1.94. The Labute approximate surface area is 119 Å². The van der Waals surface area contributed by atoms with Crippen molar-refractivity contribution in [3.05, 3.63) is 23.8 Å². The lowest BCUT2D eigenvalue weighted by atomic mass is 10.1. The number of hydrogen-bond acceptors (Lipinski definition) is 5. The zero-order valence-electron chi connectivity index (χ0n) is 11.2. The second kappa shape index (κ2) is 7.74. The molecule has 0 heterocycles. The van der Waals surface area contributed by atoms with Crippen molar-refractivity contribution in [3.63, 3.8) is 0 Å². The molecule has 5 nitrogen and oxygen atoms in total. The molecule has 0 aliphatic carbocycles. The lowest BCUT2D eigenvalue weighted by molar-refractivity contribution is 0.413. The van der Waals surface area contributed by atoms with Crippen molar-refractivity contribution in [2.24, 2.45) is 5.73 Å². The minimum Gasteiger partial charge on any atom is -0.497 e. The molecule has 1 aromatic carbocycles. The number of sulfonamides is 1. The van der Waals surface area contributed by atoms with Crippen LogP contribution in [0, 0.1) is 0 Å². The molecule has 0 unspecified atom stereocenters. The maximum absolute atomic E-state index is 12.2. The molecule has 1 rings (SSSR count). The van der Waals surface area contributed by atoms with E-state index < -0.39 is 10.0 Å². The molecule has 0 aliphatic rings. The average Bonchev–Trinajstić information content (AvgIpc) is 2.39. The van der Waals surface area contributed by atoms with Gasteiger partial charge in [0.2, 0.25) is 10.0 Å². The quantitative estimate of drug-likeness (QED) is 0.696. The summed E-state index contributed by atoms with van der Waals surface area (Å²) in [6, 6.07) is 4.92. The van der Waals surface area contributed by atoms with Gasteiger partial charge in [0.15, 0.2) is 0 Å². The lowest BCUT2D eigenvalue weighted by Gasteiger charge is -2.12. The third-order valence-electron chi connectivity index (χ3n) is 2.57. The van der Waals surface area contributed by atoms with Crippen molar-refractivity contribution < 1.29 is 13.2 Å². The van der Waals surface area contributed by atoms with E-state index in [-0.39, 0.29) is 4.90 Å². The highest BCUT2D eigenvalue weighted by Crippen LogP contribution is 2.22. The number of thioether (sulfide) groups is 1. The van der Waals surface area contributed by atoms with Gasteiger partial charge < -0.3 is 10.5 Å². The molecular formula is C12H20N2O3S2. The standard InChI is InChI=1S/C12H20N2O3S2/c1-17-11-3-4-12(10(9-11)5-6-13)19(15,16)14-7-8-18-2/h3-4,9,14H,5-8,13H2,1-2H3. The van der Waals surface area contributed by atoms with Gasteiger partial charge in [-0.05, 0) is 43.0 Å². The SMILES string of the molecule is COc1ccc(S(=O)(=O)NCCSC)c(CCN)c1. The van der Waals surface area contributed by atoms with E-state index in [9.17, 15) is 8.42 Å². The maximum atomic E-state index is 12.2. The first kappa shape index (κ1) is 16.3. The Kier molecular flexibility index (Phi) is 6.64. The minimum atomic E-state index is -3.48. The second-order valence-electron chi connectivity index (χ2n) is 3.90. The first-order valence-corrected chi connectivity index (χ1v) is 8.78. The van der Waals surface area contributed by atoms with Crippen LogP contribution in [0.3, 0.4) is 0 Å². The van der Waals surface area contributed by atoms with Crippen molar-refractivity contribution in [2.75, 3.05) is 32.2 Å². The fourth-order valence-corrected chi connectivity index (χ4v) is 3.37. The normalized spacial score (nSPS) is 11.5. The van der Waals surface area contributed by atoms with Gasteiger partial charge in [-0.25, -0.2) is 13.1 Å². The van der Waals surface area contributed by atoms with Gasteiger partial charge in [-0.15, -0.1) is 0 Å². The second-order valence-corrected chi connectivity index (χ2v) is 6.62. The van der Waals surface area contributed by atoms with Crippen molar-refractivity contribution in [1.29, 1.82) is 0 Å². The summed E-state index contributed by atoms with van der Waals surface area (Å²) in [5.74, 6) is 1.37. The van der Waals surface area contributed by atoms with Gasteiger partial charge >= 0.3 is 0 Å². The van der Waals surface area contributed by atoms with E-state index in [2.05, 4.69) is 4.72 Å². The molecule has 0 spiro atoms. The summed E-state index contributed by atoms with van der Waals surface area (Å²) >= 11 is 1.59. The highest BCUT2D eigenvalue weighted by Gasteiger charge is 2.18. The summed E-state index contributed by atoms with van der Waals surface area (Å²) in [6.07, 6.45) is 2.43. The van der Waals surface area contributed by atoms with Gasteiger partial charge in [0, 0.05) is 12.3 Å². The highest BCUT2D eigenvalue weighted by atomic mass is 32.2. The third kappa shape index (κ3) is 4.68. The number of ether oxygens (including phenoxy) is 1. The van der Waals surface area contributed by atoms with Crippen LogP contribution >= 0.6 is 11.8 Å². The predicted molar refractivity (Wildman–Crippen MR) is 79.3 cm³/mol. The Morgan fingerprint density at radius 1 is 1.42 bits per heavy atom. The zero-order chi connectivity index (χ0) is 14.3. The fraction of sp³-hybridized carbons (Fsp3) is 0.500. The van der Waals surface area contributed by atoms with Crippen molar-refractivity contribution in [2.45, 2.75) is 11.3 Å². The van der Waals surface area contributed by atoms with Crippen LogP contribution in [-0.2, 0) is 16.4 Å². The van der Waals surface area contributed by atoms with Crippen molar-refractivity contribution >= 4 is 21.8 Å². The maximum Gasteiger partial charge on any atom is 0.240 e. The number of hydrogen-bond donors (Lipinski definition) is 2. The fourth-order valence-electron chi connectivity index (χ4n) is 1.65.